The van der Waals surface area contributed by atoms with Gasteiger partial charge in [0.25, 0.3) is 0 Å². The lowest BCUT2D eigenvalue weighted by Gasteiger charge is -1.94. The van der Waals surface area contributed by atoms with Gasteiger partial charge in [-0.15, -0.1) is 0 Å². The molecule has 3 N–H and O–H groups in total. The van der Waals surface area contributed by atoms with Gasteiger partial charge in [0.2, 0.25) is 0 Å². The summed E-state index contributed by atoms with van der Waals surface area (Å²) in [6.45, 7) is 0. The molecule has 78 valence electrons. The highest BCUT2D eigenvalue weighted by Gasteiger charge is 2.04. The SMILES string of the molecule is N#CC(=Cc1c[nH]c2cnccc12)C(N)=S. The van der Waals surface area contributed by atoms with E-state index in [-0.39, 0.29) is 4.99 Å². The van der Waals surface area contributed by atoms with E-state index in [9.17, 15) is 0 Å². The summed E-state index contributed by atoms with van der Waals surface area (Å²) in [6.07, 6.45) is 6.88. The first kappa shape index (κ1) is 10.3. The number of H-pyrrole nitrogens is 1. The molecule has 0 unspecified atom stereocenters. The van der Waals surface area contributed by atoms with Crippen molar-refractivity contribution in [3.05, 3.63) is 35.8 Å². The van der Waals surface area contributed by atoms with Gasteiger partial charge < -0.3 is 10.7 Å². The van der Waals surface area contributed by atoms with Crippen molar-refractivity contribution in [2.45, 2.75) is 0 Å². The van der Waals surface area contributed by atoms with Gasteiger partial charge in [-0.25, -0.2) is 0 Å². The van der Waals surface area contributed by atoms with Crippen LogP contribution in [-0.2, 0) is 0 Å². The molecular weight excluding hydrogens is 220 g/mol. The van der Waals surface area contributed by atoms with E-state index in [0.29, 0.717) is 5.57 Å². The number of thiocarbonyl (C=S) groups is 1. The van der Waals surface area contributed by atoms with Gasteiger partial charge in [0.1, 0.15) is 11.1 Å². The average Bonchev–Trinajstić information content (AvgIpc) is 2.69. The number of nitriles is 1. The third-order valence-electron chi connectivity index (χ3n) is 2.20. The molecule has 2 heterocycles. The molecule has 0 aliphatic heterocycles. The summed E-state index contributed by atoms with van der Waals surface area (Å²) in [5.41, 5.74) is 7.51. The number of pyridine rings is 1. The molecule has 0 spiro atoms. The number of rotatable bonds is 2. The van der Waals surface area contributed by atoms with Crippen molar-refractivity contribution < 1.29 is 0 Å². The number of nitrogens with one attached hydrogen (secondary N) is 1. The molecule has 0 aromatic carbocycles. The van der Waals surface area contributed by atoms with Crippen molar-refractivity contribution in [1.29, 1.82) is 5.26 Å². The zero-order valence-electron chi connectivity index (χ0n) is 8.27. The van der Waals surface area contributed by atoms with Crippen LogP contribution in [0.3, 0.4) is 0 Å². The Kier molecular flexibility index (Phi) is 2.66. The van der Waals surface area contributed by atoms with Crippen molar-refractivity contribution in [3.8, 4) is 6.07 Å². The predicted octanol–water partition coefficient (Wildman–Crippen LogP) is 1.76. The molecule has 0 aliphatic carbocycles. The molecule has 4 nitrogen and oxygen atoms in total. The van der Waals surface area contributed by atoms with Crippen LogP contribution in [0, 0.1) is 11.3 Å². The third kappa shape index (κ3) is 1.78. The number of nitrogens with zero attached hydrogens (tertiary/aromatic N) is 2. The molecule has 2 aromatic heterocycles. The highest BCUT2D eigenvalue weighted by molar-refractivity contribution is 7.80. The summed E-state index contributed by atoms with van der Waals surface area (Å²) in [5, 5.41) is 9.84. The number of nitrogens with two attached hydrogens (primary N) is 1. The largest absolute Gasteiger partial charge is 0.389 e. The van der Waals surface area contributed by atoms with Crippen LogP contribution in [0.15, 0.2) is 30.2 Å². The molecule has 5 heteroatoms. The average molecular weight is 228 g/mol. The second kappa shape index (κ2) is 4.13. The molecule has 0 bridgehead atoms. The minimum Gasteiger partial charge on any atom is -0.389 e. The fourth-order valence-electron chi connectivity index (χ4n) is 1.43. The Hall–Kier alpha value is -2.19. The van der Waals surface area contributed by atoms with E-state index in [2.05, 4.69) is 9.97 Å². The van der Waals surface area contributed by atoms with Gasteiger partial charge in [0, 0.05) is 23.3 Å². The van der Waals surface area contributed by atoms with Crippen molar-refractivity contribution in [2.24, 2.45) is 5.73 Å². The summed E-state index contributed by atoms with van der Waals surface area (Å²) in [7, 11) is 0. The molecule has 0 aliphatic rings. The monoisotopic (exact) mass is 228 g/mol. The minimum atomic E-state index is 0.103. The van der Waals surface area contributed by atoms with Crippen LogP contribution < -0.4 is 5.73 Å². The van der Waals surface area contributed by atoms with Crippen molar-refractivity contribution >= 4 is 34.2 Å². The van der Waals surface area contributed by atoms with E-state index >= 15 is 0 Å². The predicted molar refractivity (Wildman–Crippen MR) is 66.5 cm³/mol. The number of hydrogen-bond donors (Lipinski definition) is 2. The van der Waals surface area contributed by atoms with E-state index in [1.807, 2.05) is 12.1 Å². The number of aromatic amines is 1. The van der Waals surface area contributed by atoms with Crippen LogP contribution in [0.4, 0.5) is 0 Å². The molecule has 0 radical (unpaired) electrons. The van der Waals surface area contributed by atoms with Crippen molar-refractivity contribution in [1.82, 2.24) is 9.97 Å². The van der Waals surface area contributed by atoms with Crippen LogP contribution in [0.2, 0.25) is 0 Å². The van der Waals surface area contributed by atoms with Gasteiger partial charge in [-0.1, -0.05) is 12.2 Å². The van der Waals surface area contributed by atoms with Gasteiger partial charge >= 0.3 is 0 Å². The Balaban J connectivity index is 2.57. The second-order valence-electron chi connectivity index (χ2n) is 3.20. The first-order valence-corrected chi connectivity index (χ1v) is 4.96. The Morgan fingerprint density at radius 3 is 3.12 bits per heavy atom. The normalized spacial score (nSPS) is 11.3. The maximum Gasteiger partial charge on any atom is 0.114 e. The third-order valence-corrected chi connectivity index (χ3v) is 2.42. The van der Waals surface area contributed by atoms with E-state index < -0.39 is 0 Å². The molecule has 0 amide bonds. The summed E-state index contributed by atoms with van der Waals surface area (Å²) in [5.74, 6) is 0. The molecule has 2 rings (SSSR count). The molecule has 0 saturated carbocycles. The van der Waals surface area contributed by atoms with Gasteiger partial charge in [0.05, 0.1) is 17.3 Å². The Labute approximate surface area is 97.4 Å². The zero-order chi connectivity index (χ0) is 11.5. The van der Waals surface area contributed by atoms with Crippen LogP contribution in [0.25, 0.3) is 17.0 Å². The van der Waals surface area contributed by atoms with E-state index in [4.69, 9.17) is 23.2 Å². The molecule has 16 heavy (non-hydrogen) atoms. The lowest BCUT2D eigenvalue weighted by molar-refractivity contribution is 1.34. The fourth-order valence-corrected chi connectivity index (χ4v) is 1.53. The summed E-state index contributed by atoms with van der Waals surface area (Å²) < 4.78 is 0. The Morgan fingerprint density at radius 1 is 1.62 bits per heavy atom. The molecule has 0 atom stereocenters. The first-order chi connectivity index (χ1) is 7.72. The summed E-state index contributed by atoms with van der Waals surface area (Å²) in [6, 6.07) is 3.84. The van der Waals surface area contributed by atoms with Crippen LogP contribution in [0.1, 0.15) is 5.56 Å². The van der Waals surface area contributed by atoms with Gasteiger partial charge in [-0.2, -0.15) is 5.26 Å². The van der Waals surface area contributed by atoms with E-state index in [1.165, 1.54) is 0 Å². The van der Waals surface area contributed by atoms with Crippen molar-refractivity contribution in [3.63, 3.8) is 0 Å². The maximum atomic E-state index is 8.86. The molecular formula is C11H8N4S. The Bertz CT molecular complexity index is 618. The lowest BCUT2D eigenvalue weighted by Crippen LogP contribution is -2.09. The smallest absolute Gasteiger partial charge is 0.114 e. The Morgan fingerprint density at radius 2 is 2.44 bits per heavy atom. The fraction of sp³-hybridized carbons (Fsp3) is 0. The highest BCUT2D eigenvalue weighted by Crippen LogP contribution is 2.19. The van der Waals surface area contributed by atoms with E-state index in [1.54, 1.807) is 24.7 Å². The molecule has 2 aromatic rings. The second-order valence-corrected chi connectivity index (χ2v) is 3.64. The minimum absolute atomic E-state index is 0.103. The lowest BCUT2D eigenvalue weighted by atomic mass is 10.1. The number of hydrogen-bond acceptors (Lipinski definition) is 3. The van der Waals surface area contributed by atoms with Crippen LogP contribution in [-0.4, -0.2) is 15.0 Å². The van der Waals surface area contributed by atoms with Gasteiger partial charge in [0.15, 0.2) is 0 Å². The van der Waals surface area contributed by atoms with Crippen LogP contribution >= 0.6 is 12.2 Å². The van der Waals surface area contributed by atoms with Crippen LogP contribution in [0.5, 0.6) is 0 Å². The van der Waals surface area contributed by atoms with Crippen molar-refractivity contribution in [2.75, 3.05) is 0 Å². The molecule has 0 saturated heterocycles. The highest BCUT2D eigenvalue weighted by atomic mass is 32.1. The first-order valence-electron chi connectivity index (χ1n) is 4.55. The van der Waals surface area contributed by atoms with Gasteiger partial charge in [-0.3, -0.25) is 4.98 Å². The van der Waals surface area contributed by atoms with E-state index in [0.717, 1.165) is 16.5 Å². The standard InChI is InChI=1S/C11H8N4S/c12-4-7(11(13)16)3-8-5-15-10-6-14-2-1-9(8)10/h1-3,5-6,15H,(H2,13,16). The summed E-state index contributed by atoms with van der Waals surface area (Å²) >= 11 is 4.78. The number of fused-ring (bicyclic) bond motifs is 1. The summed E-state index contributed by atoms with van der Waals surface area (Å²) in [4.78, 5) is 7.15. The zero-order valence-corrected chi connectivity index (χ0v) is 9.08. The topological polar surface area (TPSA) is 78.5 Å². The van der Waals surface area contributed by atoms with Gasteiger partial charge in [-0.05, 0) is 12.1 Å². The number of aromatic nitrogens is 2. The maximum absolute atomic E-state index is 8.86. The molecule has 0 fully saturated rings. The quantitative estimate of drug-likeness (QED) is 0.466.